The molecule has 0 bridgehead atoms. The molecule has 0 N–H and O–H groups in total. The van der Waals surface area contributed by atoms with Crippen molar-refractivity contribution in [2.24, 2.45) is 0 Å². The second-order valence-electron chi connectivity index (χ2n) is 19.7. The number of fused-ring (bicyclic) bond motifs is 9. The molecule has 0 spiro atoms. The highest BCUT2D eigenvalue weighted by molar-refractivity contribution is 6.13. The van der Waals surface area contributed by atoms with Crippen molar-refractivity contribution in [2.45, 2.75) is 0 Å². The Morgan fingerprint density at radius 3 is 0.934 bits per heavy atom. The normalized spacial score (nSPS) is 11.7. The summed E-state index contributed by atoms with van der Waals surface area (Å²) in [5.74, 6) is 0. The molecule has 3 aromatic heterocycles. The number of rotatable bonds is 9. The smallest absolute Gasteiger partial charge is 0.135 e. The van der Waals surface area contributed by atoms with Gasteiger partial charge in [0.15, 0.2) is 0 Å². The second-order valence-corrected chi connectivity index (χ2v) is 19.7. The molecule has 0 aliphatic heterocycles. The lowest BCUT2D eigenvalue weighted by Gasteiger charge is -2.26. The van der Waals surface area contributed by atoms with Crippen LogP contribution in [0.15, 0.2) is 290 Å². The van der Waals surface area contributed by atoms with Crippen LogP contribution in [0.2, 0.25) is 0 Å². The number of hydrogen-bond donors (Lipinski definition) is 0. The van der Waals surface area contributed by atoms with Gasteiger partial charge in [0.2, 0.25) is 0 Å². The summed E-state index contributed by atoms with van der Waals surface area (Å²) in [6, 6.07) is 103. The van der Waals surface area contributed by atoms with E-state index in [1.54, 1.807) is 0 Å². The van der Waals surface area contributed by atoms with Gasteiger partial charge in [0, 0.05) is 60.8 Å². The Hall–Kier alpha value is -10.2. The van der Waals surface area contributed by atoms with Gasteiger partial charge in [-0.15, -0.1) is 0 Å². The topological polar surface area (TPSA) is 26.2 Å². The molecular weight excluding hydrogens is 923 g/mol. The van der Waals surface area contributed by atoms with E-state index in [1.807, 2.05) is 12.1 Å². The van der Waals surface area contributed by atoms with E-state index >= 15 is 0 Å². The van der Waals surface area contributed by atoms with Gasteiger partial charge in [-0.2, -0.15) is 0 Å². The maximum atomic E-state index is 6.36. The summed E-state index contributed by atoms with van der Waals surface area (Å²) in [6.45, 7) is 0. The first kappa shape index (κ1) is 43.4. The van der Waals surface area contributed by atoms with Crippen molar-refractivity contribution >= 4 is 82.6 Å². The minimum atomic E-state index is 0.866. The minimum absolute atomic E-state index is 0.866. The summed E-state index contributed by atoms with van der Waals surface area (Å²) in [6.07, 6.45) is 0. The van der Waals surface area contributed by atoms with Gasteiger partial charge in [-0.25, -0.2) is 0 Å². The highest BCUT2D eigenvalue weighted by Crippen LogP contribution is 2.43. The molecule has 12 aromatic carbocycles. The first-order valence-electron chi connectivity index (χ1n) is 26.0. The van der Waals surface area contributed by atoms with E-state index in [-0.39, 0.29) is 0 Å². The van der Waals surface area contributed by atoms with Crippen LogP contribution in [0.5, 0.6) is 0 Å². The number of aromatic nitrogens is 2. The molecule has 0 fully saturated rings. The molecule has 0 unspecified atom stereocenters. The Balaban J connectivity index is 0.870. The van der Waals surface area contributed by atoms with Crippen molar-refractivity contribution in [1.29, 1.82) is 0 Å². The van der Waals surface area contributed by atoms with Crippen LogP contribution in [0.25, 0.3) is 121 Å². The summed E-state index contributed by atoms with van der Waals surface area (Å²) in [4.78, 5) is 2.36. The predicted molar refractivity (Wildman–Crippen MR) is 319 cm³/mol. The number of hydrogen-bond acceptors (Lipinski definition) is 2. The lowest BCUT2D eigenvalue weighted by Crippen LogP contribution is -2.10. The Labute approximate surface area is 439 Å². The van der Waals surface area contributed by atoms with Crippen molar-refractivity contribution in [3.05, 3.63) is 285 Å². The minimum Gasteiger partial charge on any atom is -0.456 e. The van der Waals surface area contributed by atoms with Gasteiger partial charge in [0.05, 0.1) is 22.1 Å². The highest BCUT2D eigenvalue weighted by atomic mass is 16.3. The Morgan fingerprint density at radius 2 is 0.553 bits per heavy atom. The molecule has 15 rings (SSSR count). The van der Waals surface area contributed by atoms with Crippen LogP contribution < -0.4 is 4.90 Å². The first-order valence-corrected chi connectivity index (χ1v) is 26.0. The van der Waals surface area contributed by atoms with Gasteiger partial charge in [-0.3, -0.25) is 0 Å². The quantitative estimate of drug-likeness (QED) is 0.144. The molecule has 4 heteroatoms. The van der Waals surface area contributed by atoms with Crippen LogP contribution in [0.4, 0.5) is 17.1 Å². The third-order valence-corrected chi connectivity index (χ3v) is 15.3. The number of nitrogens with zero attached hydrogens (tertiary/aromatic N) is 3. The molecule has 0 atom stereocenters. The van der Waals surface area contributed by atoms with Gasteiger partial charge in [0.25, 0.3) is 0 Å². The first-order chi connectivity index (χ1) is 37.7. The molecule has 76 heavy (non-hydrogen) atoms. The third kappa shape index (κ3) is 7.30. The molecule has 0 saturated carbocycles. The molecule has 356 valence electrons. The Kier molecular flexibility index (Phi) is 10.2. The lowest BCUT2D eigenvalue weighted by atomic mass is 10.0. The Morgan fingerprint density at radius 1 is 0.224 bits per heavy atom. The zero-order valence-electron chi connectivity index (χ0n) is 41.4. The number of para-hydroxylation sites is 1. The van der Waals surface area contributed by atoms with E-state index in [9.17, 15) is 0 Å². The molecule has 0 radical (unpaired) electrons. The maximum Gasteiger partial charge on any atom is 0.135 e. The third-order valence-electron chi connectivity index (χ3n) is 15.3. The van der Waals surface area contributed by atoms with Crippen LogP contribution in [0.1, 0.15) is 0 Å². The van der Waals surface area contributed by atoms with Crippen molar-refractivity contribution in [3.8, 4) is 55.9 Å². The molecule has 4 nitrogen and oxygen atoms in total. The van der Waals surface area contributed by atoms with E-state index in [0.29, 0.717) is 0 Å². The Bertz CT molecular complexity index is 4210. The van der Waals surface area contributed by atoms with Crippen LogP contribution in [-0.2, 0) is 0 Å². The summed E-state index contributed by atoms with van der Waals surface area (Å²) < 4.78 is 11.2. The summed E-state index contributed by atoms with van der Waals surface area (Å²) in [5, 5.41) is 7.05. The van der Waals surface area contributed by atoms with Crippen molar-refractivity contribution < 1.29 is 4.42 Å². The van der Waals surface area contributed by atoms with E-state index in [1.165, 1.54) is 66.1 Å². The molecule has 0 aliphatic rings. The van der Waals surface area contributed by atoms with Crippen LogP contribution in [0.3, 0.4) is 0 Å². The lowest BCUT2D eigenvalue weighted by molar-refractivity contribution is 0.669. The molecule has 0 aliphatic carbocycles. The number of anilines is 3. The van der Waals surface area contributed by atoms with Gasteiger partial charge in [-0.05, 0) is 166 Å². The zero-order valence-corrected chi connectivity index (χ0v) is 41.4. The van der Waals surface area contributed by atoms with E-state index in [4.69, 9.17) is 4.42 Å². The number of benzene rings is 12. The van der Waals surface area contributed by atoms with Crippen molar-refractivity contribution in [1.82, 2.24) is 9.13 Å². The van der Waals surface area contributed by atoms with Gasteiger partial charge >= 0.3 is 0 Å². The molecule has 0 amide bonds. The summed E-state index contributed by atoms with van der Waals surface area (Å²) in [5.41, 5.74) is 21.3. The van der Waals surface area contributed by atoms with Crippen molar-refractivity contribution in [2.75, 3.05) is 4.90 Å². The van der Waals surface area contributed by atoms with Crippen LogP contribution in [0, 0.1) is 0 Å². The number of furan rings is 1. The highest BCUT2D eigenvalue weighted by Gasteiger charge is 2.20. The fourth-order valence-electron chi connectivity index (χ4n) is 11.6. The summed E-state index contributed by atoms with van der Waals surface area (Å²) >= 11 is 0. The molecular formula is C72H47N3O. The fourth-order valence-corrected chi connectivity index (χ4v) is 11.6. The average Bonchev–Trinajstić information content (AvgIpc) is 4.17. The van der Waals surface area contributed by atoms with E-state index < -0.39 is 0 Å². The van der Waals surface area contributed by atoms with Crippen LogP contribution >= 0.6 is 0 Å². The fraction of sp³-hybridized carbons (Fsp3) is 0. The largest absolute Gasteiger partial charge is 0.456 e. The van der Waals surface area contributed by atoms with Gasteiger partial charge in [0.1, 0.15) is 11.2 Å². The monoisotopic (exact) mass is 969 g/mol. The molecule has 0 saturated heterocycles. The van der Waals surface area contributed by atoms with Crippen LogP contribution in [-0.4, -0.2) is 9.13 Å². The van der Waals surface area contributed by atoms with Gasteiger partial charge < -0.3 is 18.5 Å². The standard InChI is InChI=1S/C72H47N3O/c1-5-15-48(16-6-1)52-25-38-67-62(43-52)63-44-53(49-17-7-2-8-18-49)26-39-68(63)74(67)58-33-29-56(30-34-58)73(60-37-42-72-66(47-60)61-23-13-14-24-71(61)76-72)57-31-35-59(36-32-57)75-69-40-27-54(50-19-9-3-10-20-50)45-64(69)65-46-55(28-41-70(65)75)51-21-11-4-12-22-51/h1-47H. The second kappa shape index (κ2) is 17.8. The van der Waals surface area contributed by atoms with Gasteiger partial charge in [-0.1, -0.05) is 164 Å². The van der Waals surface area contributed by atoms with E-state index in [2.05, 4.69) is 287 Å². The summed E-state index contributed by atoms with van der Waals surface area (Å²) in [7, 11) is 0. The zero-order chi connectivity index (χ0) is 50.1. The van der Waals surface area contributed by atoms with E-state index in [0.717, 1.165) is 72.4 Å². The molecule has 3 heterocycles. The van der Waals surface area contributed by atoms with Crippen molar-refractivity contribution in [3.63, 3.8) is 0 Å². The maximum absolute atomic E-state index is 6.36. The SMILES string of the molecule is c1ccc(-c2ccc3c(c2)c2cc(-c4ccccc4)ccc2n3-c2ccc(N(c3ccc(-n4c5ccc(-c6ccccc6)cc5c5cc(-c6ccccc6)ccc54)cc3)c3ccc4oc5ccccc5c4c3)cc2)cc1. The molecule has 15 aromatic rings. The predicted octanol–water partition coefficient (Wildman–Crippen LogP) is 19.9. The average molecular weight is 970 g/mol.